The van der Waals surface area contributed by atoms with Crippen molar-refractivity contribution in [3.63, 3.8) is 0 Å². The molecule has 0 saturated heterocycles. The quantitative estimate of drug-likeness (QED) is 0.692. The topological polar surface area (TPSA) is 37.2 Å². The fourth-order valence-corrected chi connectivity index (χ4v) is 2.42. The lowest BCUT2D eigenvalue weighted by Gasteiger charge is -2.36. The summed E-state index contributed by atoms with van der Waals surface area (Å²) in [5, 5.41) is 0.102. The largest absolute Gasteiger partial charge is 0.443 e. The summed E-state index contributed by atoms with van der Waals surface area (Å²) in [4.78, 5) is 6.82. The van der Waals surface area contributed by atoms with E-state index in [9.17, 15) is 26.3 Å². The first-order chi connectivity index (χ1) is 11.9. The molecule has 1 heterocycles. The SMILES string of the molecule is CCN(CC)C1=NC(C(F)(F)F)(C(F)(F)F)N=C(c2cccc(Cl)c2)O1. The highest BCUT2D eigenvalue weighted by Crippen LogP contribution is 2.48. The summed E-state index contributed by atoms with van der Waals surface area (Å²) in [6.07, 6.45) is -11.6. The average molecular weight is 402 g/mol. The second-order valence-corrected chi connectivity index (χ2v) is 5.70. The maximum atomic E-state index is 13.5. The molecule has 0 spiro atoms. The Hall–Kier alpha value is -1.97. The molecule has 0 amide bonds. The Morgan fingerprint density at radius 3 is 2.08 bits per heavy atom. The van der Waals surface area contributed by atoms with Gasteiger partial charge in [0.25, 0.3) is 6.02 Å². The van der Waals surface area contributed by atoms with Crippen molar-refractivity contribution in [1.29, 1.82) is 0 Å². The van der Waals surface area contributed by atoms with Gasteiger partial charge in [-0.05, 0) is 32.0 Å². The molecule has 0 aromatic heterocycles. The first-order valence-electron chi connectivity index (χ1n) is 7.47. The molecule has 0 aliphatic carbocycles. The summed E-state index contributed by atoms with van der Waals surface area (Å²) < 4.78 is 86.0. The van der Waals surface area contributed by atoms with E-state index in [2.05, 4.69) is 9.98 Å². The lowest BCUT2D eigenvalue weighted by Crippen LogP contribution is -2.58. The molecule has 1 aliphatic heterocycles. The maximum Gasteiger partial charge on any atom is 0.443 e. The minimum absolute atomic E-state index is 0.0873. The van der Waals surface area contributed by atoms with Crippen molar-refractivity contribution in [2.24, 2.45) is 9.98 Å². The fourth-order valence-electron chi connectivity index (χ4n) is 2.23. The maximum absolute atomic E-state index is 13.5. The van der Waals surface area contributed by atoms with E-state index in [1.807, 2.05) is 0 Å². The van der Waals surface area contributed by atoms with Crippen LogP contribution in [0.15, 0.2) is 34.3 Å². The van der Waals surface area contributed by atoms with Crippen LogP contribution in [-0.2, 0) is 4.74 Å². The molecule has 4 nitrogen and oxygen atoms in total. The summed E-state index contributed by atoms with van der Waals surface area (Å²) in [6, 6.07) is 4.36. The Labute approximate surface area is 150 Å². The summed E-state index contributed by atoms with van der Waals surface area (Å²) in [5.41, 5.74) is -4.79. The molecule has 0 bridgehead atoms. The third-order valence-electron chi connectivity index (χ3n) is 3.60. The van der Waals surface area contributed by atoms with Crippen LogP contribution in [0.5, 0.6) is 0 Å². The first-order valence-corrected chi connectivity index (χ1v) is 7.85. The highest BCUT2D eigenvalue weighted by atomic mass is 35.5. The number of alkyl halides is 6. The monoisotopic (exact) mass is 401 g/mol. The number of nitrogens with zero attached hydrogens (tertiary/aromatic N) is 3. The van der Waals surface area contributed by atoms with E-state index >= 15 is 0 Å². The molecule has 2 rings (SSSR count). The van der Waals surface area contributed by atoms with Gasteiger partial charge in [-0.15, -0.1) is 0 Å². The minimum atomic E-state index is -5.82. The van der Waals surface area contributed by atoms with Gasteiger partial charge in [0.05, 0.1) is 0 Å². The van der Waals surface area contributed by atoms with Crippen molar-refractivity contribution in [3.8, 4) is 0 Å². The van der Waals surface area contributed by atoms with Crippen LogP contribution in [0.25, 0.3) is 0 Å². The molecule has 11 heteroatoms. The number of ether oxygens (including phenoxy) is 1. The number of rotatable bonds is 3. The van der Waals surface area contributed by atoms with Gasteiger partial charge in [-0.1, -0.05) is 17.7 Å². The van der Waals surface area contributed by atoms with Crippen LogP contribution < -0.4 is 0 Å². The molecule has 0 saturated carbocycles. The summed E-state index contributed by atoms with van der Waals surface area (Å²) >= 11 is 5.77. The molecule has 144 valence electrons. The number of hydrogen-bond donors (Lipinski definition) is 0. The Morgan fingerprint density at radius 1 is 1.04 bits per heavy atom. The third kappa shape index (κ3) is 3.60. The minimum Gasteiger partial charge on any atom is -0.406 e. The number of benzene rings is 1. The molecular weight excluding hydrogens is 388 g/mol. The first kappa shape index (κ1) is 20.3. The van der Waals surface area contributed by atoms with Crippen LogP contribution in [0.2, 0.25) is 5.02 Å². The summed E-state index contributed by atoms with van der Waals surface area (Å²) in [7, 11) is 0. The molecule has 0 radical (unpaired) electrons. The molecule has 1 aliphatic rings. The Bertz CT molecular complexity index is 711. The summed E-state index contributed by atoms with van der Waals surface area (Å²) in [5.74, 6) is -0.862. The van der Waals surface area contributed by atoms with E-state index in [0.717, 1.165) is 11.0 Å². The zero-order valence-corrected chi connectivity index (χ0v) is 14.4. The zero-order chi connectivity index (χ0) is 19.8. The third-order valence-corrected chi connectivity index (χ3v) is 3.84. The van der Waals surface area contributed by atoms with Gasteiger partial charge in [0.2, 0.25) is 5.90 Å². The lowest BCUT2D eigenvalue weighted by atomic mass is 10.1. The van der Waals surface area contributed by atoms with Crippen molar-refractivity contribution < 1.29 is 31.1 Å². The molecule has 0 unspecified atom stereocenters. The predicted molar refractivity (Wildman–Crippen MR) is 84.3 cm³/mol. The van der Waals surface area contributed by atoms with Crippen molar-refractivity contribution in [2.45, 2.75) is 31.9 Å². The predicted octanol–water partition coefficient (Wildman–Crippen LogP) is 4.64. The smallest absolute Gasteiger partial charge is 0.406 e. The van der Waals surface area contributed by atoms with E-state index in [0.29, 0.717) is 0 Å². The van der Waals surface area contributed by atoms with Crippen LogP contribution >= 0.6 is 11.6 Å². The Kier molecular flexibility index (Phi) is 5.46. The molecule has 1 aromatic carbocycles. The van der Waals surface area contributed by atoms with E-state index in [4.69, 9.17) is 16.3 Å². The Morgan fingerprint density at radius 2 is 1.62 bits per heavy atom. The Balaban J connectivity index is 2.73. The van der Waals surface area contributed by atoms with Crippen LogP contribution in [0, 0.1) is 0 Å². The molecule has 0 atom stereocenters. The number of hydrogen-bond acceptors (Lipinski definition) is 4. The lowest BCUT2D eigenvalue weighted by molar-refractivity contribution is -0.293. The second-order valence-electron chi connectivity index (χ2n) is 5.26. The van der Waals surface area contributed by atoms with Gasteiger partial charge in [-0.25, -0.2) is 4.99 Å². The van der Waals surface area contributed by atoms with Gasteiger partial charge in [-0.2, -0.15) is 31.3 Å². The van der Waals surface area contributed by atoms with Crippen molar-refractivity contribution in [2.75, 3.05) is 13.1 Å². The molecular formula is C15H14ClF6N3O. The normalized spacial score (nSPS) is 17.3. The standard InChI is InChI=1S/C15H14ClF6N3O/c1-3-25(4-2)12-24-13(14(17,18)19,15(20,21)22)23-11(26-12)9-6-5-7-10(16)8-9/h5-8H,3-4H2,1-2H3. The summed E-state index contributed by atoms with van der Waals surface area (Å²) in [6.45, 7) is 3.26. The van der Waals surface area contributed by atoms with Gasteiger partial charge in [0.1, 0.15) is 0 Å². The van der Waals surface area contributed by atoms with Gasteiger partial charge < -0.3 is 9.64 Å². The number of halogens is 7. The van der Waals surface area contributed by atoms with Gasteiger partial charge in [0.15, 0.2) is 0 Å². The molecule has 26 heavy (non-hydrogen) atoms. The molecule has 0 N–H and O–H groups in total. The van der Waals surface area contributed by atoms with Gasteiger partial charge >= 0.3 is 18.0 Å². The van der Waals surface area contributed by atoms with E-state index in [-0.39, 0.29) is 23.7 Å². The van der Waals surface area contributed by atoms with Crippen LogP contribution in [0.4, 0.5) is 26.3 Å². The van der Waals surface area contributed by atoms with Crippen LogP contribution in [-0.4, -0.2) is 47.9 Å². The van der Waals surface area contributed by atoms with Crippen LogP contribution in [0.3, 0.4) is 0 Å². The zero-order valence-electron chi connectivity index (χ0n) is 13.6. The average Bonchev–Trinajstić information content (AvgIpc) is 2.53. The highest BCUT2D eigenvalue weighted by Gasteiger charge is 2.74. The second kappa shape index (κ2) is 6.98. The number of aliphatic imine (C=N–C) groups is 2. The molecule has 1 aromatic rings. The van der Waals surface area contributed by atoms with Crippen LogP contribution in [0.1, 0.15) is 19.4 Å². The number of amidine groups is 1. The fraction of sp³-hybridized carbons (Fsp3) is 0.467. The van der Waals surface area contributed by atoms with Crippen molar-refractivity contribution >= 4 is 23.5 Å². The highest BCUT2D eigenvalue weighted by molar-refractivity contribution is 6.31. The van der Waals surface area contributed by atoms with Crippen molar-refractivity contribution in [1.82, 2.24) is 4.90 Å². The van der Waals surface area contributed by atoms with E-state index < -0.39 is 29.9 Å². The van der Waals surface area contributed by atoms with Gasteiger partial charge in [0, 0.05) is 23.7 Å². The van der Waals surface area contributed by atoms with E-state index in [1.54, 1.807) is 13.8 Å². The molecule has 0 fully saturated rings. The van der Waals surface area contributed by atoms with Gasteiger partial charge in [-0.3, -0.25) is 0 Å². The van der Waals surface area contributed by atoms with Crippen molar-refractivity contribution in [3.05, 3.63) is 34.9 Å². The van der Waals surface area contributed by atoms with E-state index in [1.165, 1.54) is 18.2 Å².